The number of aliphatic hydroxyl groups is 2. The largest absolute Gasteiger partial charge is 0.396 e. The fraction of sp³-hybridized carbons (Fsp3) is 0.800. The summed E-state index contributed by atoms with van der Waals surface area (Å²) in [5, 5.41) is 19.0. The van der Waals surface area contributed by atoms with Gasteiger partial charge in [0.25, 0.3) is 0 Å². The van der Waals surface area contributed by atoms with Crippen molar-refractivity contribution in [1.82, 2.24) is 0 Å². The molecule has 0 aromatic rings. The second kappa shape index (κ2) is 4.06. The first-order chi connectivity index (χ1) is 5.75. The van der Waals surface area contributed by atoms with Gasteiger partial charge in [0.05, 0.1) is 12.7 Å². The summed E-state index contributed by atoms with van der Waals surface area (Å²) >= 11 is 0. The van der Waals surface area contributed by atoms with E-state index >= 15 is 0 Å². The van der Waals surface area contributed by atoms with Crippen molar-refractivity contribution in [3.05, 3.63) is 12.7 Å². The van der Waals surface area contributed by atoms with Crippen molar-refractivity contribution < 1.29 is 10.2 Å². The van der Waals surface area contributed by atoms with Gasteiger partial charge in [-0.05, 0) is 19.3 Å². The molecule has 1 fully saturated rings. The molecule has 12 heavy (non-hydrogen) atoms. The minimum atomic E-state index is -0.339. The molecule has 0 aliphatic heterocycles. The number of rotatable bonds is 3. The number of allylic oxidation sites excluding steroid dienone is 1. The van der Waals surface area contributed by atoms with Gasteiger partial charge < -0.3 is 10.2 Å². The SMILES string of the molecule is C=CC[C@@]1(CO)CCCC[C@H]1O. The van der Waals surface area contributed by atoms with Crippen LogP contribution in [0.3, 0.4) is 0 Å². The molecular weight excluding hydrogens is 152 g/mol. The third kappa shape index (κ3) is 1.70. The van der Waals surface area contributed by atoms with Gasteiger partial charge in [-0.25, -0.2) is 0 Å². The Balaban J connectivity index is 2.65. The summed E-state index contributed by atoms with van der Waals surface area (Å²) in [5.41, 5.74) is -0.278. The van der Waals surface area contributed by atoms with E-state index in [2.05, 4.69) is 6.58 Å². The predicted octanol–water partition coefficient (Wildman–Crippen LogP) is 1.48. The van der Waals surface area contributed by atoms with Gasteiger partial charge in [-0.2, -0.15) is 0 Å². The summed E-state index contributed by atoms with van der Waals surface area (Å²) in [6.07, 6.45) is 6.14. The molecule has 0 aromatic carbocycles. The van der Waals surface area contributed by atoms with Crippen molar-refractivity contribution >= 4 is 0 Å². The van der Waals surface area contributed by atoms with Crippen LogP contribution in [-0.2, 0) is 0 Å². The lowest BCUT2D eigenvalue weighted by atomic mass is 9.70. The van der Waals surface area contributed by atoms with E-state index in [4.69, 9.17) is 0 Å². The number of hydrogen-bond acceptors (Lipinski definition) is 2. The van der Waals surface area contributed by atoms with Crippen LogP contribution in [0.2, 0.25) is 0 Å². The standard InChI is InChI=1S/C10H18O2/c1-2-6-10(8-11)7-4-3-5-9(10)12/h2,9,11-12H,1,3-8H2/t9-,10+/m1/s1. The molecule has 2 N–H and O–H groups in total. The Labute approximate surface area is 73.9 Å². The predicted molar refractivity (Wildman–Crippen MR) is 48.8 cm³/mol. The zero-order valence-electron chi connectivity index (χ0n) is 7.50. The normalized spacial score (nSPS) is 36.3. The Morgan fingerprint density at radius 1 is 1.50 bits per heavy atom. The average molecular weight is 170 g/mol. The zero-order valence-corrected chi connectivity index (χ0v) is 7.50. The van der Waals surface area contributed by atoms with Crippen LogP contribution in [0.25, 0.3) is 0 Å². The molecule has 0 amide bonds. The Kier molecular flexibility index (Phi) is 3.29. The maximum atomic E-state index is 9.74. The minimum Gasteiger partial charge on any atom is -0.396 e. The highest BCUT2D eigenvalue weighted by atomic mass is 16.3. The maximum Gasteiger partial charge on any atom is 0.0621 e. The fourth-order valence-electron chi connectivity index (χ4n) is 2.06. The summed E-state index contributed by atoms with van der Waals surface area (Å²) in [6.45, 7) is 3.74. The van der Waals surface area contributed by atoms with Gasteiger partial charge in [0.15, 0.2) is 0 Å². The van der Waals surface area contributed by atoms with Crippen LogP contribution in [0, 0.1) is 5.41 Å². The van der Waals surface area contributed by atoms with E-state index in [1.54, 1.807) is 6.08 Å². The lowest BCUT2D eigenvalue weighted by molar-refractivity contribution is -0.0454. The van der Waals surface area contributed by atoms with Gasteiger partial charge in [-0.3, -0.25) is 0 Å². The summed E-state index contributed by atoms with van der Waals surface area (Å²) in [6, 6.07) is 0. The average Bonchev–Trinajstić information content (AvgIpc) is 2.10. The van der Waals surface area contributed by atoms with E-state index in [1.807, 2.05) is 0 Å². The second-order valence-corrected chi connectivity index (χ2v) is 3.77. The molecule has 70 valence electrons. The Hall–Kier alpha value is -0.340. The van der Waals surface area contributed by atoms with Gasteiger partial charge in [-0.15, -0.1) is 6.58 Å². The van der Waals surface area contributed by atoms with Crippen LogP contribution >= 0.6 is 0 Å². The summed E-state index contributed by atoms with van der Waals surface area (Å²) < 4.78 is 0. The third-order valence-corrected chi connectivity index (χ3v) is 2.97. The smallest absolute Gasteiger partial charge is 0.0621 e. The number of hydrogen-bond donors (Lipinski definition) is 2. The fourth-order valence-corrected chi connectivity index (χ4v) is 2.06. The first-order valence-corrected chi connectivity index (χ1v) is 4.65. The van der Waals surface area contributed by atoms with Crippen molar-refractivity contribution in [1.29, 1.82) is 0 Å². The molecule has 0 unspecified atom stereocenters. The third-order valence-electron chi connectivity index (χ3n) is 2.97. The monoisotopic (exact) mass is 170 g/mol. The quantitative estimate of drug-likeness (QED) is 0.630. The van der Waals surface area contributed by atoms with E-state index in [9.17, 15) is 10.2 Å². The van der Waals surface area contributed by atoms with E-state index in [-0.39, 0.29) is 18.1 Å². The molecule has 1 aliphatic carbocycles. The molecule has 1 saturated carbocycles. The highest BCUT2D eigenvalue weighted by Gasteiger charge is 2.37. The molecule has 0 radical (unpaired) electrons. The molecule has 0 aromatic heterocycles. The van der Waals surface area contributed by atoms with Crippen molar-refractivity contribution in [2.24, 2.45) is 5.41 Å². The van der Waals surface area contributed by atoms with E-state index in [0.717, 1.165) is 32.1 Å². The second-order valence-electron chi connectivity index (χ2n) is 3.77. The van der Waals surface area contributed by atoms with Crippen LogP contribution in [0.5, 0.6) is 0 Å². The lowest BCUT2D eigenvalue weighted by Crippen LogP contribution is -2.40. The van der Waals surface area contributed by atoms with Gasteiger partial charge in [-0.1, -0.05) is 18.9 Å². The molecule has 0 bridgehead atoms. The molecule has 2 atom stereocenters. The Bertz CT molecular complexity index is 156. The molecule has 0 heterocycles. The van der Waals surface area contributed by atoms with Gasteiger partial charge in [0.1, 0.15) is 0 Å². The molecule has 2 nitrogen and oxygen atoms in total. The van der Waals surface area contributed by atoms with Crippen LogP contribution in [0.1, 0.15) is 32.1 Å². The van der Waals surface area contributed by atoms with Crippen LogP contribution in [0.4, 0.5) is 0 Å². The summed E-state index contributed by atoms with van der Waals surface area (Å²) in [4.78, 5) is 0. The summed E-state index contributed by atoms with van der Waals surface area (Å²) in [7, 11) is 0. The first-order valence-electron chi connectivity index (χ1n) is 4.65. The van der Waals surface area contributed by atoms with Crippen LogP contribution < -0.4 is 0 Å². The van der Waals surface area contributed by atoms with E-state index < -0.39 is 0 Å². The lowest BCUT2D eigenvalue weighted by Gasteiger charge is -2.39. The molecule has 2 heteroatoms. The topological polar surface area (TPSA) is 40.5 Å². The first kappa shape index (κ1) is 9.75. The highest BCUT2D eigenvalue weighted by Crippen LogP contribution is 2.39. The summed E-state index contributed by atoms with van der Waals surface area (Å²) in [5.74, 6) is 0. The van der Waals surface area contributed by atoms with Crippen LogP contribution in [0.15, 0.2) is 12.7 Å². The molecule has 1 aliphatic rings. The molecule has 0 saturated heterocycles. The number of aliphatic hydroxyl groups excluding tert-OH is 2. The molecule has 0 spiro atoms. The molecule has 1 rings (SSSR count). The van der Waals surface area contributed by atoms with E-state index in [0.29, 0.717) is 0 Å². The Morgan fingerprint density at radius 3 is 2.75 bits per heavy atom. The Morgan fingerprint density at radius 2 is 2.25 bits per heavy atom. The van der Waals surface area contributed by atoms with Crippen molar-refractivity contribution in [2.75, 3.05) is 6.61 Å². The van der Waals surface area contributed by atoms with Gasteiger partial charge >= 0.3 is 0 Å². The van der Waals surface area contributed by atoms with Crippen molar-refractivity contribution in [3.8, 4) is 0 Å². The van der Waals surface area contributed by atoms with Gasteiger partial charge in [0, 0.05) is 5.41 Å². The van der Waals surface area contributed by atoms with Gasteiger partial charge in [0.2, 0.25) is 0 Å². The van der Waals surface area contributed by atoms with Crippen molar-refractivity contribution in [2.45, 2.75) is 38.2 Å². The van der Waals surface area contributed by atoms with Crippen LogP contribution in [-0.4, -0.2) is 22.9 Å². The van der Waals surface area contributed by atoms with E-state index in [1.165, 1.54) is 0 Å². The molecular formula is C10H18O2. The maximum absolute atomic E-state index is 9.74. The van der Waals surface area contributed by atoms with Crippen molar-refractivity contribution in [3.63, 3.8) is 0 Å². The zero-order chi connectivity index (χ0) is 9.03. The minimum absolute atomic E-state index is 0.0835. The highest BCUT2D eigenvalue weighted by molar-refractivity contribution is 4.93.